The monoisotopic (exact) mass is 372 g/mol. The molecule has 118 valence electrons. The quantitative estimate of drug-likeness (QED) is 0.457. The number of nitrogens with one attached hydrogen (secondary N) is 1. The molecule has 0 unspecified atom stereocenters. The highest BCUT2D eigenvalue weighted by molar-refractivity contribution is 9.10. The van der Waals surface area contributed by atoms with Gasteiger partial charge in [-0.3, -0.25) is 4.79 Å². The first-order valence-electron chi connectivity index (χ1n) is 7.08. The first-order valence-corrected chi connectivity index (χ1v) is 7.87. The van der Waals surface area contributed by atoms with Crippen LogP contribution in [0.25, 0.3) is 0 Å². The molecule has 5 heteroatoms. The molecule has 0 heterocycles. The van der Waals surface area contributed by atoms with Crippen LogP contribution < -0.4 is 10.2 Å². The second-order valence-corrected chi connectivity index (χ2v) is 5.65. The van der Waals surface area contributed by atoms with E-state index in [-0.39, 0.29) is 12.3 Å². The molecule has 23 heavy (non-hydrogen) atoms. The van der Waals surface area contributed by atoms with Gasteiger partial charge in [-0.1, -0.05) is 52.9 Å². The van der Waals surface area contributed by atoms with Crippen molar-refractivity contribution in [3.8, 4) is 5.75 Å². The van der Waals surface area contributed by atoms with Gasteiger partial charge in [0.1, 0.15) is 12.4 Å². The fourth-order valence-corrected chi connectivity index (χ4v) is 2.13. The molecule has 0 aromatic heterocycles. The molecule has 1 N–H and O–H groups in total. The maximum Gasteiger partial charge on any atom is 0.244 e. The van der Waals surface area contributed by atoms with E-state index in [1.165, 1.54) is 0 Å². The minimum absolute atomic E-state index is 0.173. The second kappa shape index (κ2) is 8.90. The van der Waals surface area contributed by atoms with Crippen molar-refractivity contribution in [2.45, 2.75) is 6.42 Å². The van der Waals surface area contributed by atoms with Gasteiger partial charge in [-0.05, 0) is 29.8 Å². The van der Waals surface area contributed by atoms with Crippen molar-refractivity contribution in [1.82, 2.24) is 5.43 Å². The molecule has 0 aliphatic rings. The van der Waals surface area contributed by atoms with Crippen molar-refractivity contribution in [3.63, 3.8) is 0 Å². The van der Waals surface area contributed by atoms with Gasteiger partial charge in [-0.15, -0.1) is 0 Å². The van der Waals surface area contributed by atoms with Crippen LogP contribution in [0, 0.1) is 0 Å². The number of carbonyl (C=O) groups excluding carboxylic acids is 1. The van der Waals surface area contributed by atoms with Crippen LogP contribution in [0.1, 0.15) is 11.1 Å². The molecule has 0 atom stereocenters. The Hall–Kier alpha value is -2.40. The largest absolute Gasteiger partial charge is 0.489 e. The van der Waals surface area contributed by atoms with Crippen LogP contribution in [-0.4, -0.2) is 18.7 Å². The Morgan fingerprint density at radius 1 is 1.22 bits per heavy atom. The zero-order valence-electron chi connectivity index (χ0n) is 12.5. The molecule has 0 radical (unpaired) electrons. The smallest absolute Gasteiger partial charge is 0.244 e. The third kappa shape index (κ3) is 5.71. The lowest BCUT2D eigenvalue weighted by Crippen LogP contribution is -2.19. The summed E-state index contributed by atoms with van der Waals surface area (Å²) >= 11 is 3.36. The number of rotatable bonds is 7. The normalized spacial score (nSPS) is 10.5. The highest BCUT2D eigenvalue weighted by atomic mass is 79.9. The minimum Gasteiger partial charge on any atom is -0.489 e. The number of amides is 1. The van der Waals surface area contributed by atoms with E-state index in [2.05, 4.69) is 33.0 Å². The van der Waals surface area contributed by atoms with Crippen molar-refractivity contribution >= 4 is 28.1 Å². The van der Waals surface area contributed by atoms with Crippen LogP contribution in [0.15, 0.2) is 70.8 Å². The molecule has 0 aliphatic carbocycles. The fraction of sp³-hybridized carbons (Fsp3) is 0.111. The van der Waals surface area contributed by atoms with Gasteiger partial charge in [0.05, 0.1) is 12.6 Å². The molecule has 0 fully saturated rings. The zero-order chi connectivity index (χ0) is 16.5. The van der Waals surface area contributed by atoms with E-state index in [9.17, 15) is 4.79 Å². The van der Waals surface area contributed by atoms with Crippen molar-refractivity contribution in [1.29, 1.82) is 0 Å². The van der Waals surface area contributed by atoms with E-state index in [4.69, 9.17) is 4.74 Å². The maximum atomic E-state index is 11.9. The average Bonchev–Trinajstić information content (AvgIpc) is 2.56. The molecule has 4 nitrogen and oxygen atoms in total. The third-order valence-corrected chi connectivity index (χ3v) is 3.48. The Morgan fingerprint density at radius 3 is 2.70 bits per heavy atom. The molecule has 0 bridgehead atoms. The number of halogens is 1. The number of benzene rings is 2. The van der Waals surface area contributed by atoms with Crippen LogP contribution in [0.5, 0.6) is 5.75 Å². The summed E-state index contributed by atoms with van der Waals surface area (Å²) in [5.74, 6) is 0.520. The highest BCUT2D eigenvalue weighted by Gasteiger charge is 2.03. The summed E-state index contributed by atoms with van der Waals surface area (Å²) < 4.78 is 6.51. The van der Waals surface area contributed by atoms with E-state index in [0.717, 1.165) is 15.6 Å². The number of ether oxygens (including phenoxy) is 1. The molecular formula is C18H17BrN2O2. The minimum atomic E-state index is -0.173. The molecule has 2 aromatic rings. The summed E-state index contributed by atoms with van der Waals surface area (Å²) in [4.78, 5) is 11.9. The fourth-order valence-electron chi connectivity index (χ4n) is 1.87. The van der Waals surface area contributed by atoms with Crippen LogP contribution in [0.4, 0.5) is 0 Å². The number of nitrogens with zero attached hydrogens (tertiary/aromatic N) is 1. The van der Waals surface area contributed by atoms with Gasteiger partial charge in [0.2, 0.25) is 5.91 Å². The van der Waals surface area contributed by atoms with Crippen molar-refractivity contribution in [3.05, 3.63) is 76.8 Å². The number of hydrogen-bond acceptors (Lipinski definition) is 3. The standard InChI is InChI=1S/C18H17BrN2O2/c1-2-11-23-17-6-4-3-5-15(17)13-20-21-18(22)12-14-7-9-16(19)10-8-14/h2-10,13H,1,11-12H2,(H,21,22)/b20-13+. The highest BCUT2D eigenvalue weighted by Crippen LogP contribution is 2.15. The Kier molecular flexibility index (Phi) is 6.56. The van der Waals surface area contributed by atoms with E-state index in [0.29, 0.717) is 12.4 Å². The maximum absolute atomic E-state index is 11.9. The SMILES string of the molecule is C=CCOc1ccccc1/C=N/NC(=O)Cc1ccc(Br)cc1. The molecular weight excluding hydrogens is 356 g/mol. The van der Waals surface area contributed by atoms with Crippen LogP contribution in [0.2, 0.25) is 0 Å². The van der Waals surface area contributed by atoms with E-state index < -0.39 is 0 Å². The Bertz CT molecular complexity index is 696. The summed E-state index contributed by atoms with van der Waals surface area (Å²) in [5, 5.41) is 3.98. The van der Waals surface area contributed by atoms with Crippen molar-refractivity contribution in [2.75, 3.05) is 6.61 Å². The van der Waals surface area contributed by atoms with Gasteiger partial charge in [0.15, 0.2) is 0 Å². The predicted molar refractivity (Wildman–Crippen MR) is 95.7 cm³/mol. The van der Waals surface area contributed by atoms with Crippen LogP contribution in [0.3, 0.4) is 0 Å². The van der Waals surface area contributed by atoms with Gasteiger partial charge in [0.25, 0.3) is 0 Å². The lowest BCUT2D eigenvalue weighted by molar-refractivity contribution is -0.120. The van der Waals surface area contributed by atoms with Gasteiger partial charge >= 0.3 is 0 Å². The van der Waals surface area contributed by atoms with Gasteiger partial charge in [0, 0.05) is 10.0 Å². The van der Waals surface area contributed by atoms with Crippen LogP contribution in [-0.2, 0) is 11.2 Å². The molecule has 2 aromatic carbocycles. The number of hydrogen-bond donors (Lipinski definition) is 1. The first kappa shape index (κ1) is 17.0. The third-order valence-electron chi connectivity index (χ3n) is 2.95. The number of para-hydroxylation sites is 1. The summed E-state index contributed by atoms with van der Waals surface area (Å²) in [5.41, 5.74) is 4.24. The summed E-state index contributed by atoms with van der Waals surface area (Å²) in [6.45, 7) is 4.03. The topological polar surface area (TPSA) is 50.7 Å². The van der Waals surface area contributed by atoms with Crippen molar-refractivity contribution in [2.24, 2.45) is 5.10 Å². The molecule has 0 spiro atoms. The van der Waals surface area contributed by atoms with E-state index in [1.807, 2.05) is 48.5 Å². The first-order chi connectivity index (χ1) is 11.2. The molecule has 0 saturated heterocycles. The van der Waals surface area contributed by atoms with Gasteiger partial charge in [-0.25, -0.2) is 5.43 Å². The average molecular weight is 373 g/mol. The lowest BCUT2D eigenvalue weighted by atomic mass is 10.1. The zero-order valence-corrected chi connectivity index (χ0v) is 14.1. The molecule has 1 amide bonds. The number of carbonyl (C=O) groups is 1. The summed E-state index contributed by atoms with van der Waals surface area (Å²) in [7, 11) is 0. The Balaban J connectivity index is 1.92. The van der Waals surface area contributed by atoms with Crippen molar-refractivity contribution < 1.29 is 9.53 Å². The lowest BCUT2D eigenvalue weighted by Gasteiger charge is -2.06. The summed E-state index contributed by atoms with van der Waals surface area (Å²) in [6.07, 6.45) is 3.52. The predicted octanol–water partition coefficient (Wildman–Crippen LogP) is 3.71. The molecule has 0 aliphatic heterocycles. The molecule has 0 saturated carbocycles. The second-order valence-electron chi connectivity index (χ2n) is 4.73. The summed E-state index contributed by atoms with van der Waals surface area (Å²) in [6, 6.07) is 15.1. The number of hydrazone groups is 1. The Morgan fingerprint density at radius 2 is 1.96 bits per heavy atom. The van der Waals surface area contributed by atoms with Crippen LogP contribution >= 0.6 is 15.9 Å². The Labute approximate surface area is 144 Å². The molecule has 2 rings (SSSR count). The van der Waals surface area contributed by atoms with E-state index in [1.54, 1.807) is 12.3 Å². The van der Waals surface area contributed by atoms with Gasteiger partial charge in [-0.2, -0.15) is 5.10 Å². The van der Waals surface area contributed by atoms with E-state index >= 15 is 0 Å². The van der Waals surface area contributed by atoms with Gasteiger partial charge < -0.3 is 4.74 Å².